The molecule has 1 aliphatic rings. The summed E-state index contributed by atoms with van der Waals surface area (Å²) in [5.74, 6) is -2.05. The van der Waals surface area contributed by atoms with Gasteiger partial charge in [-0.3, -0.25) is 9.59 Å². The Hall–Kier alpha value is -1.88. The van der Waals surface area contributed by atoms with Crippen molar-refractivity contribution in [2.24, 2.45) is 5.92 Å². The molecule has 1 aromatic rings. The first kappa shape index (κ1) is 16.2. The fraction of sp³-hybridized carbons (Fsp3) is 0.286. The Morgan fingerprint density at radius 3 is 2.65 bits per heavy atom. The van der Waals surface area contributed by atoms with Crippen LogP contribution in [0.15, 0.2) is 30.3 Å². The number of carboxylic acid groups (broad SMARTS) is 1. The highest BCUT2D eigenvalue weighted by molar-refractivity contribution is 5.92. The second-order valence-electron chi connectivity index (χ2n) is 4.46. The van der Waals surface area contributed by atoms with Crippen LogP contribution in [0.1, 0.15) is 12.0 Å². The Morgan fingerprint density at radius 1 is 1.35 bits per heavy atom. The van der Waals surface area contributed by atoms with Crippen molar-refractivity contribution in [3.8, 4) is 0 Å². The highest BCUT2D eigenvalue weighted by Crippen LogP contribution is 2.17. The highest BCUT2D eigenvalue weighted by Gasteiger charge is 2.29. The van der Waals surface area contributed by atoms with Gasteiger partial charge >= 0.3 is 5.97 Å². The minimum Gasteiger partial charge on any atom is -0.481 e. The van der Waals surface area contributed by atoms with Crippen molar-refractivity contribution in [3.63, 3.8) is 0 Å². The summed E-state index contributed by atoms with van der Waals surface area (Å²) >= 11 is 0. The molecule has 1 atom stereocenters. The first-order valence-corrected chi connectivity index (χ1v) is 6.02. The summed E-state index contributed by atoms with van der Waals surface area (Å²) in [4.78, 5) is 24.1. The van der Waals surface area contributed by atoms with Crippen LogP contribution >= 0.6 is 12.4 Å². The van der Waals surface area contributed by atoms with Gasteiger partial charge in [0.1, 0.15) is 5.82 Å². The number of nitrogens with zero attached hydrogens (tertiary/aromatic N) is 1. The van der Waals surface area contributed by atoms with E-state index < -0.39 is 17.7 Å². The van der Waals surface area contributed by atoms with Crippen molar-refractivity contribution in [1.29, 1.82) is 0 Å². The average molecular weight is 300 g/mol. The van der Waals surface area contributed by atoms with Crippen LogP contribution in [-0.4, -0.2) is 35.0 Å². The summed E-state index contributed by atoms with van der Waals surface area (Å²) in [5, 5.41) is 8.85. The molecule has 1 amide bonds. The van der Waals surface area contributed by atoms with Crippen LogP contribution in [0, 0.1) is 11.7 Å². The van der Waals surface area contributed by atoms with E-state index in [1.807, 2.05) is 0 Å². The van der Waals surface area contributed by atoms with Gasteiger partial charge in [0, 0.05) is 24.7 Å². The Bertz CT molecular complexity index is 533. The van der Waals surface area contributed by atoms with Crippen molar-refractivity contribution in [2.75, 3.05) is 13.1 Å². The molecular weight excluding hydrogens is 285 g/mol. The lowest BCUT2D eigenvalue weighted by Crippen LogP contribution is -2.28. The molecule has 108 valence electrons. The minimum atomic E-state index is -0.881. The quantitative estimate of drug-likeness (QED) is 0.871. The average Bonchev–Trinajstić information content (AvgIpc) is 2.87. The molecule has 1 fully saturated rings. The molecule has 1 unspecified atom stereocenters. The number of likely N-dealkylation sites (tertiary alicyclic amines) is 1. The van der Waals surface area contributed by atoms with E-state index in [1.54, 1.807) is 18.2 Å². The maximum absolute atomic E-state index is 13.3. The maximum Gasteiger partial charge on any atom is 0.308 e. The van der Waals surface area contributed by atoms with E-state index in [4.69, 9.17) is 5.11 Å². The number of hydrogen-bond donors (Lipinski definition) is 1. The molecule has 0 bridgehead atoms. The third-order valence-corrected chi connectivity index (χ3v) is 3.16. The molecule has 1 N–H and O–H groups in total. The summed E-state index contributed by atoms with van der Waals surface area (Å²) < 4.78 is 13.3. The van der Waals surface area contributed by atoms with E-state index in [2.05, 4.69) is 0 Å². The van der Waals surface area contributed by atoms with Gasteiger partial charge in [-0.05, 0) is 18.6 Å². The molecule has 1 saturated heterocycles. The summed E-state index contributed by atoms with van der Waals surface area (Å²) in [6, 6.07) is 6.15. The van der Waals surface area contributed by atoms with E-state index in [9.17, 15) is 14.0 Å². The second-order valence-corrected chi connectivity index (χ2v) is 4.46. The van der Waals surface area contributed by atoms with Crippen LogP contribution in [0.2, 0.25) is 0 Å². The largest absolute Gasteiger partial charge is 0.481 e. The number of benzene rings is 1. The molecule has 2 rings (SSSR count). The first-order valence-electron chi connectivity index (χ1n) is 6.02. The summed E-state index contributed by atoms with van der Waals surface area (Å²) in [7, 11) is 0. The van der Waals surface area contributed by atoms with Crippen molar-refractivity contribution < 1.29 is 19.1 Å². The summed E-state index contributed by atoms with van der Waals surface area (Å²) in [6.07, 6.45) is 3.16. The monoisotopic (exact) mass is 299 g/mol. The van der Waals surface area contributed by atoms with Crippen LogP contribution < -0.4 is 0 Å². The zero-order valence-electron chi connectivity index (χ0n) is 10.7. The van der Waals surface area contributed by atoms with Crippen molar-refractivity contribution in [1.82, 2.24) is 4.90 Å². The smallest absolute Gasteiger partial charge is 0.308 e. The Morgan fingerprint density at radius 2 is 2.05 bits per heavy atom. The van der Waals surface area contributed by atoms with E-state index in [1.165, 1.54) is 23.1 Å². The third kappa shape index (κ3) is 3.81. The normalized spacial score (nSPS) is 18.1. The van der Waals surface area contributed by atoms with Crippen LogP contribution in [-0.2, 0) is 9.59 Å². The van der Waals surface area contributed by atoms with Crippen molar-refractivity contribution >= 4 is 30.4 Å². The third-order valence-electron chi connectivity index (χ3n) is 3.16. The first-order chi connectivity index (χ1) is 9.08. The number of carbonyl (C=O) groups is 2. The van der Waals surface area contributed by atoms with Gasteiger partial charge < -0.3 is 10.0 Å². The van der Waals surface area contributed by atoms with E-state index >= 15 is 0 Å². The summed E-state index contributed by atoms with van der Waals surface area (Å²) in [5.41, 5.74) is 0.338. The standard InChI is InChI=1S/C14H14FNO3.ClH/c15-12-4-2-1-3-10(12)5-6-13(17)16-8-7-11(9-16)14(18)19;/h1-6,11H,7-9H2,(H,18,19);1H/b6-5+;. The van der Waals surface area contributed by atoms with E-state index in [0.717, 1.165) is 0 Å². The van der Waals surface area contributed by atoms with Crippen LogP contribution in [0.4, 0.5) is 4.39 Å². The number of hydrogen-bond acceptors (Lipinski definition) is 2. The Balaban J connectivity index is 0.00000200. The highest BCUT2D eigenvalue weighted by atomic mass is 35.5. The minimum absolute atomic E-state index is 0. The molecule has 0 aromatic heterocycles. The molecule has 20 heavy (non-hydrogen) atoms. The maximum atomic E-state index is 13.3. The van der Waals surface area contributed by atoms with Gasteiger partial charge in [-0.1, -0.05) is 18.2 Å². The van der Waals surface area contributed by atoms with Crippen molar-refractivity contribution in [2.45, 2.75) is 6.42 Å². The fourth-order valence-electron chi connectivity index (χ4n) is 2.04. The predicted molar refractivity (Wildman–Crippen MR) is 75.0 cm³/mol. The molecule has 1 heterocycles. The van der Waals surface area contributed by atoms with Crippen LogP contribution in [0.25, 0.3) is 6.08 Å². The Kier molecular flexibility index (Phi) is 5.70. The van der Waals surface area contributed by atoms with Crippen LogP contribution in [0.3, 0.4) is 0 Å². The van der Waals surface area contributed by atoms with E-state index in [-0.39, 0.29) is 24.9 Å². The molecular formula is C14H15ClFNO3. The molecule has 1 aromatic carbocycles. The number of rotatable bonds is 3. The number of amides is 1. The predicted octanol–water partition coefficient (Wildman–Crippen LogP) is 2.19. The van der Waals surface area contributed by atoms with Crippen LogP contribution in [0.5, 0.6) is 0 Å². The SMILES string of the molecule is Cl.O=C(O)C1CCN(C(=O)/C=C/c2ccccc2F)C1. The molecule has 0 spiro atoms. The van der Waals surface area contributed by atoms with E-state index in [0.29, 0.717) is 18.5 Å². The van der Waals surface area contributed by atoms with Gasteiger partial charge in [0.15, 0.2) is 0 Å². The molecule has 0 aliphatic carbocycles. The number of carboxylic acids is 1. The Labute approximate surface area is 122 Å². The van der Waals surface area contributed by atoms with Gasteiger partial charge in [-0.2, -0.15) is 0 Å². The fourth-order valence-corrected chi connectivity index (χ4v) is 2.04. The van der Waals surface area contributed by atoms with Gasteiger partial charge in [0.05, 0.1) is 5.92 Å². The van der Waals surface area contributed by atoms with Crippen molar-refractivity contribution in [3.05, 3.63) is 41.7 Å². The van der Waals surface area contributed by atoms with Gasteiger partial charge in [0.25, 0.3) is 0 Å². The molecule has 0 saturated carbocycles. The topological polar surface area (TPSA) is 57.6 Å². The zero-order chi connectivity index (χ0) is 13.8. The van der Waals surface area contributed by atoms with Gasteiger partial charge in [-0.25, -0.2) is 4.39 Å². The molecule has 1 aliphatic heterocycles. The van der Waals surface area contributed by atoms with Gasteiger partial charge in [-0.15, -0.1) is 12.4 Å². The summed E-state index contributed by atoms with van der Waals surface area (Å²) in [6.45, 7) is 0.646. The molecule has 4 nitrogen and oxygen atoms in total. The van der Waals surface area contributed by atoms with Gasteiger partial charge in [0.2, 0.25) is 5.91 Å². The number of aliphatic carboxylic acids is 1. The lowest BCUT2D eigenvalue weighted by Gasteiger charge is -2.12. The molecule has 6 heteroatoms. The zero-order valence-corrected chi connectivity index (χ0v) is 11.5. The lowest BCUT2D eigenvalue weighted by molar-refractivity contribution is -0.141. The molecule has 0 radical (unpaired) electrons. The number of carbonyl (C=O) groups excluding carboxylic acids is 1. The lowest BCUT2D eigenvalue weighted by atomic mass is 10.1. The second kappa shape index (κ2) is 7.05. The number of halogens is 2.